The van der Waals surface area contributed by atoms with Crippen LogP contribution in [0.2, 0.25) is 0 Å². The number of anilines is 1. The minimum atomic E-state index is -2.38. The average molecular weight is 402 g/mol. The molecule has 0 bridgehead atoms. The van der Waals surface area contributed by atoms with Crippen molar-refractivity contribution >= 4 is 22.6 Å². The van der Waals surface area contributed by atoms with Gasteiger partial charge in [-0.1, -0.05) is 0 Å². The van der Waals surface area contributed by atoms with E-state index >= 15 is 4.39 Å². The molecule has 3 aliphatic rings. The van der Waals surface area contributed by atoms with Gasteiger partial charge in [0.15, 0.2) is 0 Å². The molecule has 2 atom stereocenters. The summed E-state index contributed by atoms with van der Waals surface area (Å²) in [6, 6.07) is 1.15. The van der Waals surface area contributed by atoms with Gasteiger partial charge < -0.3 is 24.6 Å². The lowest BCUT2D eigenvalue weighted by molar-refractivity contribution is 0.0212. The van der Waals surface area contributed by atoms with Crippen molar-refractivity contribution in [2.75, 3.05) is 31.1 Å². The molecule has 8 nitrogen and oxygen atoms in total. The third kappa shape index (κ3) is 2.79. The molecule has 1 aliphatic carbocycles. The lowest BCUT2D eigenvalue weighted by atomic mass is 10.0. The maximum absolute atomic E-state index is 15.4. The second-order valence-electron chi connectivity index (χ2n) is 7.24. The number of nitrogens with zero attached hydrogens (tertiary/aromatic N) is 3. The van der Waals surface area contributed by atoms with E-state index in [0.717, 1.165) is 16.8 Å². The Labute approximate surface area is 170 Å². The van der Waals surface area contributed by atoms with Crippen LogP contribution >= 0.6 is 0 Å². The number of halogens is 1. The van der Waals surface area contributed by atoms with Gasteiger partial charge in [-0.2, -0.15) is 5.26 Å². The monoisotopic (exact) mass is 402 g/mol. The number of fused-ring (bicyclic) bond motifs is 2. The van der Waals surface area contributed by atoms with E-state index < -0.39 is 47.0 Å². The predicted molar refractivity (Wildman–Crippen MR) is 102 cm³/mol. The van der Waals surface area contributed by atoms with E-state index in [1.807, 2.05) is 6.07 Å². The highest BCUT2D eigenvalue weighted by atomic mass is 19.1. The number of morpholine rings is 1. The smallest absolute Gasteiger partial charge is 0.341 e. The summed E-state index contributed by atoms with van der Waals surface area (Å²) in [5, 5.41) is 22.3. The summed E-state index contributed by atoms with van der Waals surface area (Å²) in [4.78, 5) is 26.1. The van der Waals surface area contributed by atoms with Gasteiger partial charge in [-0.25, -0.2) is 9.18 Å². The number of nitriles is 1. The van der Waals surface area contributed by atoms with Gasteiger partial charge in [0.1, 0.15) is 23.0 Å². The number of carboxylic acid groups (broad SMARTS) is 1. The zero-order valence-corrected chi connectivity index (χ0v) is 15.1. The first-order valence-corrected chi connectivity index (χ1v) is 9.15. The number of aromatic carboxylic acids is 1. The number of hydrogen-bond donors (Lipinski definition) is 2. The Balaban J connectivity index is 1.79. The molecule has 1 aromatic heterocycles. The molecule has 2 saturated heterocycles. The predicted octanol–water partition coefficient (Wildman–Crippen LogP) is 1.22. The fourth-order valence-corrected chi connectivity index (χ4v) is 4.20. The molecule has 2 aliphatic heterocycles. The van der Waals surface area contributed by atoms with Crippen LogP contribution < -0.4 is 15.6 Å². The summed E-state index contributed by atoms with van der Waals surface area (Å²) in [7, 11) is 0. The van der Waals surface area contributed by atoms with Crippen molar-refractivity contribution in [2.24, 2.45) is 0 Å². The molecule has 1 aromatic carbocycles. The van der Waals surface area contributed by atoms with Gasteiger partial charge in [0.25, 0.3) is 0 Å². The van der Waals surface area contributed by atoms with E-state index in [0.29, 0.717) is 19.7 Å². The van der Waals surface area contributed by atoms with Crippen molar-refractivity contribution in [3.63, 3.8) is 0 Å². The van der Waals surface area contributed by atoms with Crippen LogP contribution in [0.25, 0.3) is 10.9 Å². The number of rotatable bonds is 3. The SMILES string of the molecule is [2H]C1([2H])C(n2cc(C(=O)O)c(=O)c3cc(F)c(N4C[C@@H]5NCCO[C@H]5C4)c(C#N)c32)C1([2H])[2H]. The summed E-state index contributed by atoms with van der Waals surface area (Å²) >= 11 is 0. The van der Waals surface area contributed by atoms with Gasteiger partial charge in [0.2, 0.25) is 5.43 Å². The molecule has 5 rings (SSSR count). The quantitative estimate of drug-likeness (QED) is 0.795. The highest BCUT2D eigenvalue weighted by Gasteiger charge is 2.38. The van der Waals surface area contributed by atoms with E-state index in [1.54, 1.807) is 4.90 Å². The van der Waals surface area contributed by atoms with Crippen molar-refractivity contribution in [2.45, 2.75) is 30.9 Å². The second-order valence-corrected chi connectivity index (χ2v) is 7.24. The first kappa shape index (κ1) is 14.1. The van der Waals surface area contributed by atoms with E-state index in [1.165, 1.54) is 0 Å². The first-order chi connectivity index (χ1) is 15.5. The van der Waals surface area contributed by atoms with Gasteiger partial charge >= 0.3 is 5.97 Å². The fourth-order valence-electron chi connectivity index (χ4n) is 4.20. The largest absolute Gasteiger partial charge is 0.477 e. The Bertz CT molecular complexity index is 1280. The fraction of sp³-hybridized carbons (Fsp3) is 0.450. The van der Waals surface area contributed by atoms with Crippen LogP contribution in [0, 0.1) is 17.1 Å². The van der Waals surface area contributed by atoms with Crippen molar-refractivity contribution in [1.29, 1.82) is 5.26 Å². The Hall–Kier alpha value is -2.96. The molecule has 1 saturated carbocycles. The molecule has 0 amide bonds. The molecular weight excluding hydrogens is 379 g/mol. The molecule has 150 valence electrons. The van der Waals surface area contributed by atoms with Crippen LogP contribution in [-0.2, 0) is 4.74 Å². The number of nitrogens with one attached hydrogen (secondary N) is 1. The average Bonchev–Trinajstić information content (AvgIpc) is 3.04. The summed E-state index contributed by atoms with van der Waals surface area (Å²) < 4.78 is 54.1. The molecule has 29 heavy (non-hydrogen) atoms. The van der Waals surface area contributed by atoms with Crippen LogP contribution in [0.4, 0.5) is 10.1 Å². The topological polar surface area (TPSA) is 108 Å². The van der Waals surface area contributed by atoms with Gasteiger partial charge in [-0.05, 0) is 18.8 Å². The van der Waals surface area contributed by atoms with Crippen molar-refractivity contribution in [1.82, 2.24) is 9.88 Å². The summed E-state index contributed by atoms with van der Waals surface area (Å²) in [5.41, 5.74) is -2.37. The summed E-state index contributed by atoms with van der Waals surface area (Å²) in [6.07, 6.45) is -4.15. The molecule has 0 unspecified atom stereocenters. The van der Waals surface area contributed by atoms with E-state index in [9.17, 15) is 20.0 Å². The Kier molecular flexibility index (Phi) is 3.18. The lowest BCUT2D eigenvalue weighted by Gasteiger charge is -2.25. The van der Waals surface area contributed by atoms with Crippen molar-refractivity contribution in [3.8, 4) is 6.07 Å². The number of ether oxygens (including phenoxy) is 1. The molecular formula is C20H19FN4O4. The lowest BCUT2D eigenvalue weighted by Crippen LogP contribution is -2.47. The summed E-state index contributed by atoms with van der Waals surface area (Å²) in [6.45, 7) is 1.72. The van der Waals surface area contributed by atoms with E-state index in [4.69, 9.17) is 10.2 Å². The minimum Gasteiger partial charge on any atom is -0.477 e. The molecule has 0 spiro atoms. The maximum atomic E-state index is 15.4. The molecule has 0 radical (unpaired) electrons. The number of aromatic nitrogens is 1. The summed E-state index contributed by atoms with van der Waals surface area (Å²) in [5.74, 6) is -2.52. The molecule has 3 heterocycles. The van der Waals surface area contributed by atoms with Crippen LogP contribution in [0.5, 0.6) is 0 Å². The van der Waals surface area contributed by atoms with Crippen LogP contribution in [0.15, 0.2) is 17.1 Å². The highest BCUT2D eigenvalue weighted by molar-refractivity contribution is 5.96. The van der Waals surface area contributed by atoms with Crippen LogP contribution in [0.3, 0.4) is 0 Å². The molecule has 3 fully saturated rings. The zero-order chi connectivity index (χ0) is 23.9. The van der Waals surface area contributed by atoms with Crippen molar-refractivity contribution < 1.29 is 24.5 Å². The van der Waals surface area contributed by atoms with Gasteiger partial charge in [-0.15, -0.1) is 0 Å². The highest BCUT2D eigenvalue weighted by Crippen LogP contribution is 2.40. The van der Waals surface area contributed by atoms with Crippen LogP contribution in [-0.4, -0.2) is 54.0 Å². The van der Waals surface area contributed by atoms with Gasteiger partial charge in [0.05, 0.1) is 35.3 Å². The number of carbonyl (C=O) groups is 1. The van der Waals surface area contributed by atoms with Crippen LogP contribution in [0.1, 0.15) is 40.2 Å². The van der Waals surface area contributed by atoms with E-state index in [2.05, 4.69) is 5.32 Å². The number of pyridine rings is 1. The third-order valence-corrected chi connectivity index (χ3v) is 5.56. The number of benzene rings is 1. The second kappa shape index (κ2) is 6.54. The maximum Gasteiger partial charge on any atom is 0.341 e. The first-order valence-electron chi connectivity index (χ1n) is 11.2. The number of carboxylic acids is 1. The van der Waals surface area contributed by atoms with Gasteiger partial charge in [-0.3, -0.25) is 4.79 Å². The van der Waals surface area contributed by atoms with Gasteiger partial charge in [0, 0.05) is 37.4 Å². The normalized spacial score (nSPS) is 29.3. The third-order valence-electron chi connectivity index (χ3n) is 5.56. The van der Waals surface area contributed by atoms with E-state index in [-0.39, 0.29) is 35.5 Å². The Morgan fingerprint density at radius 3 is 2.90 bits per heavy atom. The standard InChI is InChI=1S/C20H19FN4O4/c21-14-5-11-17(25(10-1-2-10)7-13(19(11)26)20(27)28)12(6-22)18(14)24-8-15-16(9-24)29-4-3-23-15/h5,7,10,15-16,23H,1-4,8-9H2,(H,27,28)/t15-,16-/m0/s1/i1D2,2D2. The number of hydrogen-bond acceptors (Lipinski definition) is 6. The molecule has 2 aromatic rings. The minimum absolute atomic E-state index is 0.0938. The Morgan fingerprint density at radius 1 is 1.45 bits per heavy atom. The van der Waals surface area contributed by atoms with Crippen molar-refractivity contribution in [3.05, 3.63) is 39.4 Å². The Morgan fingerprint density at radius 2 is 2.24 bits per heavy atom. The molecule has 2 N–H and O–H groups in total. The zero-order valence-electron chi connectivity index (χ0n) is 19.1. The molecule has 9 heteroatoms.